The summed E-state index contributed by atoms with van der Waals surface area (Å²) < 4.78 is 53.2. The fourth-order valence-electron chi connectivity index (χ4n) is 6.14. The minimum atomic E-state index is -3.61. The summed E-state index contributed by atoms with van der Waals surface area (Å²) in [5.74, 6) is 0.663. The summed E-state index contributed by atoms with van der Waals surface area (Å²) >= 11 is 0. The van der Waals surface area contributed by atoms with Gasteiger partial charge in [0.15, 0.2) is 0 Å². The Balaban J connectivity index is 0.000000184. The Labute approximate surface area is 354 Å². The third-order valence-corrected chi connectivity index (χ3v) is 12.6. The van der Waals surface area contributed by atoms with E-state index in [0.717, 1.165) is 33.6 Å². The standard InChI is InChI=1S/C22H22N6O2S.C21H20N6O2S/c1-27(2)31(29,30)19-13-14-21(20(15-19)22-24-26-28(3)25-22)23-18-11-9-17(10-12-18)16-7-5-4-6-8-16;1-22-30(28,29)18-12-13-20(19(14-18)21-24-26-27(2)25-21)23-17-10-8-16(9-11-17)15-6-4-3-5-7-15/h4-15,23H,1-3H3;3-14,22-23H,1-2H3. The summed E-state index contributed by atoms with van der Waals surface area (Å²) in [6.45, 7) is 0. The highest BCUT2D eigenvalue weighted by atomic mass is 32.2. The van der Waals surface area contributed by atoms with Gasteiger partial charge in [-0.05, 0) is 100 Å². The molecule has 0 radical (unpaired) electrons. The van der Waals surface area contributed by atoms with Gasteiger partial charge >= 0.3 is 0 Å². The van der Waals surface area contributed by atoms with E-state index in [4.69, 9.17) is 0 Å². The van der Waals surface area contributed by atoms with Gasteiger partial charge in [-0.1, -0.05) is 84.9 Å². The molecule has 0 atom stereocenters. The number of hydrogen-bond acceptors (Lipinski definition) is 12. The summed E-state index contributed by atoms with van der Waals surface area (Å²) in [5.41, 5.74) is 8.61. The second-order valence-corrected chi connectivity index (χ2v) is 17.8. The van der Waals surface area contributed by atoms with Crippen LogP contribution in [0.2, 0.25) is 0 Å². The van der Waals surface area contributed by atoms with Crippen molar-refractivity contribution in [2.24, 2.45) is 14.1 Å². The molecule has 0 bridgehead atoms. The summed E-state index contributed by atoms with van der Waals surface area (Å²) in [5, 5.41) is 31.0. The van der Waals surface area contributed by atoms with Gasteiger partial charge in [0.25, 0.3) is 0 Å². The van der Waals surface area contributed by atoms with E-state index >= 15 is 0 Å². The van der Waals surface area contributed by atoms with Crippen LogP contribution in [0, 0.1) is 0 Å². The van der Waals surface area contributed by atoms with E-state index in [1.807, 2.05) is 84.9 Å². The summed E-state index contributed by atoms with van der Waals surface area (Å²) in [6.07, 6.45) is 0. The lowest BCUT2D eigenvalue weighted by atomic mass is 10.1. The lowest BCUT2D eigenvalue weighted by molar-refractivity contribution is 0.521. The van der Waals surface area contributed by atoms with Crippen molar-refractivity contribution in [3.05, 3.63) is 146 Å². The van der Waals surface area contributed by atoms with Crippen LogP contribution in [0.25, 0.3) is 45.0 Å². The fourth-order valence-corrected chi connectivity index (χ4v) is 7.82. The monoisotopic (exact) mass is 854 g/mol. The zero-order chi connectivity index (χ0) is 43.1. The average molecular weight is 855 g/mol. The molecule has 0 aliphatic heterocycles. The molecule has 8 aromatic rings. The predicted molar refractivity (Wildman–Crippen MR) is 236 cm³/mol. The van der Waals surface area contributed by atoms with Crippen LogP contribution in [-0.2, 0) is 34.1 Å². The molecule has 0 aliphatic carbocycles. The number of anilines is 4. The average Bonchev–Trinajstić information content (AvgIpc) is 3.92. The van der Waals surface area contributed by atoms with Crippen molar-refractivity contribution in [1.29, 1.82) is 0 Å². The first-order chi connectivity index (χ1) is 29.3. The third kappa shape index (κ3) is 9.85. The van der Waals surface area contributed by atoms with E-state index < -0.39 is 20.0 Å². The van der Waals surface area contributed by atoms with Crippen LogP contribution in [0.15, 0.2) is 155 Å². The molecule has 16 nitrogen and oxygen atoms in total. The molecule has 8 rings (SSSR count). The zero-order valence-electron chi connectivity index (χ0n) is 33.8. The van der Waals surface area contributed by atoms with Crippen LogP contribution < -0.4 is 15.4 Å². The van der Waals surface area contributed by atoms with Crippen LogP contribution in [0.1, 0.15) is 0 Å². The van der Waals surface area contributed by atoms with Crippen molar-refractivity contribution in [2.75, 3.05) is 31.8 Å². The number of nitrogens with zero attached hydrogens (tertiary/aromatic N) is 9. The Hall–Kier alpha value is -7.12. The van der Waals surface area contributed by atoms with E-state index in [1.165, 1.54) is 47.2 Å². The quantitative estimate of drug-likeness (QED) is 0.117. The highest BCUT2D eigenvalue weighted by molar-refractivity contribution is 7.89. The molecule has 0 saturated heterocycles. The molecule has 0 saturated carbocycles. The highest BCUT2D eigenvalue weighted by Gasteiger charge is 2.22. The molecule has 310 valence electrons. The maximum atomic E-state index is 12.6. The highest BCUT2D eigenvalue weighted by Crippen LogP contribution is 2.33. The minimum Gasteiger partial charge on any atom is -0.355 e. The van der Waals surface area contributed by atoms with Crippen molar-refractivity contribution in [2.45, 2.75) is 9.79 Å². The Kier molecular flexibility index (Phi) is 12.4. The molecule has 0 fully saturated rings. The van der Waals surface area contributed by atoms with E-state index in [0.29, 0.717) is 34.2 Å². The Morgan fingerprint density at radius 1 is 0.508 bits per heavy atom. The first-order valence-electron chi connectivity index (χ1n) is 18.8. The Bertz CT molecular complexity index is 2980. The van der Waals surface area contributed by atoms with Gasteiger partial charge < -0.3 is 10.6 Å². The van der Waals surface area contributed by atoms with Crippen LogP contribution in [0.3, 0.4) is 0 Å². The number of aryl methyl sites for hydroxylation is 2. The number of tetrazole rings is 2. The lowest BCUT2D eigenvalue weighted by Crippen LogP contribution is -2.22. The number of aromatic nitrogens is 8. The Morgan fingerprint density at radius 2 is 0.902 bits per heavy atom. The molecule has 3 N–H and O–H groups in total. The first-order valence-corrected chi connectivity index (χ1v) is 21.7. The van der Waals surface area contributed by atoms with Crippen molar-refractivity contribution < 1.29 is 16.8 Å². The molecule has 6 aromatic carbocycles. The van der Waals surface area contributed by atoms with Crippen molar-refractivity contribution in [3.63, 3.8) is 0 Å². The summed E-state index contributed by atoms with van der Waals surface area (Å²) in [6, 6.07) is 45.8. The van der Waals surface area contributed by atoms with Crippen molar-refractivity contribution in [3.8, 4) is 45.0 Å². The smallest absolute Gasteiger partial charge is 0.242 e. The number of nitrogens with one attached hydrogen (secondary N) is 3. The Morgan fingerprint density at radius 3 is 1.28 bits per heavy atom. The molecule has 61 heavy (non-hydrogen) atoms. The maximum absolute atomic E-state index is 12.6. The molecule has 0 spiro atoms. The van der Waals surface area contributed by atoms with Crippen molar-refractivity contribution >= 4 is 42.8 Å². The predicted octanol–water partition coefficient (Wildman–Crippen LogP) is 6.73. The van der Waals surface area contributed by atoms with Gasteiger partial charge in [0.2, 0.25) is 31.7 Å². The molecular formula is C43H42N12O4S2. The second-order valence-electron chi connectivity index (χ2n) is 13.8. The fraction of sp³-hybridized carbons (Fsp3) is 0.116. The molecule has 0 aliphatic rings. The summed E-state index contributed by atoms with van der Waals surface area (Å²) in [7, 11) is 0.463. The van der Waals surface area contributed by atoms with Crippen molar-refractivity contribution in [1.82, 2.24) is 49.4 Å². The van der Waals surface area contributed by atoms with E-state index in [1.54, 1.807) is 38.4 Å². The molecular weight excluding hydrogens is 813 g/mol. The SMILES string of the molecule is CN(C)S(=O)(=O)c1ccc(Nc2ccc(-c3ccccc3)cc2)c(-c2nnn(C)n2)c1.CNS(=O)(=O)c1ccc(Nc2ccc(-c3ccccc3)cc2)c(-c2nnn(C)n2)c1. The number of hydrogen-bond donors (Lipinski definition) is 3. The molecule has 2 heterocycles. The van der Waals surface area contributed by atoms with Gasteiger partial charge in [0, 0.05) is 48.0 Å². The lowest BCUT2D eigenvalue weighted by Gasteiger charge is -2.15. The van der Waals surface area contributed by atoms with E-state index in [9.17, 15) is 16.8 Å². The van der Waals surface area contributed by atoms with Gasteiger partial charge in [0.05, 0.1) is 23.9 Å². The normalized spacial score (nSPS) is 11.5. The van der Waals surface area contributed by atoms with Gasteiger partial charge in [-0.15, -0.1) is 20.4 Å². The van der Waals surface area contributed by atoms with Gasteiger partial charge in [-0.25, -0.2) is 25.9 Å². The van der Waals surface area contributed by atoms with Gasteiger partial charge in [-0.3, -0.25) is 0 Å². The van der Waals surface area contributed by atoms with Crippen LogP contribution in [0.5, 0.6) is 0 Å². The third-order valence-electron chi connectivity index (χ3n) is 9.38. The number of rotatable bonds is 12. The van der Waals surface area contributed by atoms with E-state index in [2.05, 4.69) is 70.4 Å². The zero-order valence-corrected chi connectivity index (χ0v) is 35.5. The maximum Gasteiger partial charge on any atom is 0.242 e. The molecule has 2 aromatic heterocycles. The molecule has 18 heteroatoms. The van der Waals surface area contributed by atoms with Crippen LogP contribution in [-0.4, -0.2) is 82.7 Å². The van der Waals surface area contributed by atoms with E-state index in [-0.39, 0.29) is 9.79 Å². The number of sulfonamides is 2. The number of benzene rings is 6. The largest absolute Gasteiger partial charge is 0.355 e. The van der Waals surface area contributed by atoms with Gasteiger partial charge in [0.1, 0.15) is 0 Å². The summed E-state index contributed by atoms with van der Waals surface area (Å²) in [4.78, 5) is 2.94. The molecule has 0 unspecified atom stereocenters. The second kappa shape index (κ2) is 18.0. The van der Waals surface area contributed by atoms with Crippen LogP contribution in [0.4, 0.5) is 22.7 Å². The first kappa shape index (κ1) is 42.0. The van der Waals surface area contributed by atoms with Crippen LogP contribution >= 0.6 is 0 Å². The minimum absolute atomic E-state index is 0.123. The van der Waals surface area contributed by atoms with Gasteiger partial charge in [-0.2, -0.15) is 9.59 Å². The molecule has 0 amide bonds. The topological polar surface area (TPSA) is 195 Å².